The molecule has 0 aromatic carbocycles. The van der Waals surface area contributed by atoms with E-state index in [1.807, 2.05) is 0 Å². The molecule has 10 unspecified atom stereocenters. The number of ether oxygens (including phenoxy) is 1. The Morgan fingerprint density at radius 3 is 2.60 bits per heavy atom. The third kappa shape index (κ3) is 2.14. The summed E-state index contributed by atoms with van der Waals surface area (Å²) in [5.74, 6) is 5.95. The van der Waals surface area contributed by atoms with Gasteiger partial charge in [-0.1, -0.05) is 0 Å². The Hall–Kier alpha value is 0.850. The summed E-state index contributed by atoms with van der Waals surface area (Å²) in [6.45, 7) is 4.65. The van der Waals surface area contributed by atoms with Crippen LogP contribution in [0, 0.1) is 41.4 Å². The van der Waals surface area contributed by atoms with Gasteiger partial charge in [-0.15, -0.1) is 0 Å². The molecule has 0 aromatic heterocycles. The van der Waals surface area contributed by atoms with Crippen LogP contribution in [0.15, 0.2) is 0 Å². The number of rotatable bonds is 5. The van der Waals surface area contributed by atoms with Gasteiger partial charge in [0.15, 0.2) is 0 Å². The molecule has 2 saturated heterocycles. The average Bonchev–Trinajstić information content (AvgIpc) is 3.46. The predicted octanol–water partition coefficient (Wildman–Crippen LogP) is -3.75. The first-order chi connectivity index (χ1) is 12.1. The third-order valence-electron chi connectivity index (χ3n) is 8.71. The molecule has 2 heterocycles. The van der Waals surface area contributed by atoms with Crippen LogP contribution in [0.25, 0.3) is 0 Å². The van der Waals surface area contributed by atoms with Gasteiger partial charge >= 0.3 is 173 Å². The average molecular weight is 570 g/mol. The fraction of sp³-hybridized carbons (Fsp3) is 0.947. The zero-order chi connectivity index (χ0) is 17.0. The molecule has 142 valence electrons. The molecule has 0 aromatic rings. The minimum absolute atomic E-state index is 0.0515. The van der Waals surface area contributed by atoms with Gasteiger partial charge < -0.3 is 0 Å². The molecule has 6 fully saturated rings. The van der Waals surface area contributed by atoms with E-state index in [4.69, 9.17) is 4.74 Å². The molecule has 2 aliphatic heterocycles. The van der Waals surface area contributed by atoms with Crippen molar-refractivity contribution in [3.05, 3.63) is 0 Å². The fourth-order valence-electron chi connectivity index (χ4n) is 7.51. The van der Waals surface area contributed by atoms with Crippen molar-refractivity contribution in [3.63, 3.8) is 0 Å². The van der Waals surface area contributed by atoms with E-state index in [0.29, 0.717) is 15.9 Å². The van der Waals surface area contributed by atoms with Crippen molar-refractivity contribution in [2.45, 2.75) is 65.6 Å². The molecule has 4 nitrogen and oxygen atoms in total. The number of fused-ring (bicyclic) bond motifs is 9. The second kappa shape index (κ2) is 5.47. The Bertz CT molecular complexity index is 623. The molecule has 4 aliphatic carbocycles. The number of hydrogen-bond donors (Lipinski definition) is 2. The first kappa shape index (κ1) is 16.8. The molecule has 6 heteroatoms. The molecule has 2 N–H and O–H groups in total. The molecule has 6 aliphatic rings. The first-order valence-corrected chi connectivity index (χ1v) is 14.6. The first-order valence-electron chi connectivity index (χ1n) is 10.1. The van der Waals surface area contributed by atoms with Crippen LogP contribution in [-0.4, -0.2) is 19.2 Å². The van der Waals surface area contributed by atoms with Crippen LogP contribution in [0.5, 0.6) is 0 Å². The summed E-state index contributed by atoms with van der Waals surface area (Å²) < 4.78 is 13.8. The van der Waals surface area contributed by atoms with Crippen LogP contribution in [0.2, 0.25) is 0 Å². The van der Waals surface area contributed by atoms with E-state index in [2.05, 4.69) is 20.9 Å². The van der Waals surface area contributed by atoms with Crippen LogP contribution < -0.4 is 50.0 Å². The van der Waals surface area contributed by atoms with Gasteiger partial charge in [-0.25, -0.2) is 0 Å². The molecule has 0 amide bonds. The predicted molar refractivity (Wildman–Crippen MR) is 85.1 cm³/mol. The maximum absolute atomic E-state index is 13.2. The van der Waals surface area contributed by atoms with Gasteiger partial charge in [0.05, 0.1) is 0 Å². The van der Waals surface area contributed by atoms with Gasteiger partial charge in [0.2, 0.25) is 0 Å². The Morgan fingerprint density at radius 1 is 1.24 bits per heavy atom. The van der Waals surface area contributed by atoms with E-state index in [-0.39, 0.29) is 58.1 Å². The topological polar surface area (TPSA) is 70.2 Å². The molecule has 25 heavy (non-hydrogen) atoms. The van der Waals surface area contributed by atoms with Gasteiger partial charge in [0.1, 0.15) is 0 Å². The van der Waals surface area contributed by atoms with Crippen LogP contribution >= 0.6 is 0 Å². The van der Waals surface area contributed by atoms with Gasteiger partial charge in [0.25, 0.3) is 0 Å². The number of carbonyl (C=O) groups is 1. The Morgan fingerprint density at radius 2 is 1.96 bits per heavy atom. The Balaban J connectivity index is 1.32. The Kier molecular flexibility index (Phi) is 3.67. The van der Waals surface area contributed by atoms with Gasteiger partial charge in [0, 0.05) is 0 Å². The number of halogens is 2. The summed E-state index contributed by atoms with van der Waals surface area (Å²) in [5.41, 5.74) is -0.142. The van der Waals surface area contributed by atoms with Crippen molar-refractivity contribution < 1.29 is 52.5 Å². The summed E-state index contributed by atoms with van der Waals surface area (Å²) in [6, 6.07) is 0. The normalized spacial score (nSPS) is 58.9. The fourth-order valence-corrected chi connectivity index (χ4v) is 13.3. The molecule has 4 bridgehead atoms. The van der Waals surface area contributed by atoms with E-state index in [1.54, 1.807) is 0 Å². The monoisotopic (exact) mass is 570 g/mol. The SMILES string of the molecule is CCC(C)C1(OC(=O)C2(C3N[I-]3)N[I-]2)CC2CC1C1C3CCC(C3)C21. The zero-order valence-electron chi connectivity index (χ0n) is 14.9. The third-order valence-corrected chi connectivity index (χ3v) is 14.8. The summed E-state index contributed by atoms with van der Waals surface area (Å²) in [6.07, 6.45) is 8.08. The van der Waals surface area contributed by atoms with Crippen molar-refractivity contribution in [1.82, 2.24) is 7.06 Å². The molecule has 6 rings (SSSR count). The molecule has 4 saturated carbocycles. The van der Waals surface area contributed by atoms with Crippen molar-refractivity contribution >= 4 is 5.97 Å². The quantitative estimate of drug-likeness (QED) is 0.0679. The standard InChI is InChI=1S/C19H28I2N2O2/c1-3-9(2)18(25-17(24)19(21-23-19)16-20-22-16)8-12-7-13(18)15-11-5-4-10(6-11)14(12)15/h9-16,22-23H,3-8H2,1-2H3/q-2. The summed E-state index contributed by atoms with van der Waals surface area (Å²) in [5, 5.41) is 0. The molecular weight excluding hydrogens is 542 g/mol. The molecule has 0 spiro atoms. The van der Waals surface area contributed by atoms with E-state index >= 15 is 0 Å². The number of nitrogens with one attached hydrogen (secondary N) is 2. The zero-order valence-corrected chi connectivity index (χ0v) is 19.2. The van der Waals surface area contributed by atoms with E-state index < -0.39 is 0 Å². The van der Waals surface area contributed by atoms with E-state index in [1.165, 1.54) is 32.1 Å². The number of hydrogen-bond acceptors (Lipinski definition) is 4. The van der Waals surface area contributed by atoms with Gasteiger partial charge in [-0.05, 0) is 0 Å². The van der Waals surface area contributed by atoms with Crippen LogP contribution in [0.3, 0.4) is 0 Å². The minimum atomic E-state index is -0.234. The van der Waals surface area contributed by atoms with Crippen molar-refractivity contribution in [1.29, 1.82) is 0 Å². The van der Waals surface area contributed by atoms with Crippen molar-refractivity contribution in [2.24, 2.45) is 41.4 Å². The van der Waals surface area contributed by atoms with Crippen molar-refractivity contribution in [3.8, 4) is 0 Å². The van der Waals surface area contributed by atoms with Crippen LogP contribution in [-0.2, 0) is 9.53 Å². The number of carbonyl (C=O) groups excluding carboxylic acids is 1. The Labute approximate surface area is 171 Å². The van der Waals surface area contributed by atoms with E-state index in [9.17, 15) is 4.79 Å². The molecule has 10 atom stereocenters. The summed E-state index contributed by atoms with van der Waals surface area (Å²) >= 11 is -0.133. The molecular formula is C19H28I2N2O2-2. The second-order valence-corrected chi connectivity index (χ2v) is 14.7. The van der Waals surface area contributed by atoms with E-state index in [0.717, 1.165) is 36.0 Å². The molecule has 0 radical (unpaired) electrons. The summed E-state index contributed by atoms with van der Waals surface area (Å²) in [7, 11) is 0. The maximum atomic E-state index is 13.2. The summed E-state index contributed by atoms with van der Waals surface area (Å²) in [4.78, 5) is 13.2. The van der Waals surface area contributed by atoms with Gasteiger partial charge in [-0.3, -0.25) is 0 Å². The number of esters is 1. The van der Waals surface area contributed by atoms with Crippen LogP contribution in [0.4, 0.5) is 0 Å². The second-order valence-electron chi connectivity index (χ2n) is 9.43. The number of alkyl halides is 2. The van der Waals surface area contributed by atoms with Crippen LogP contribution in [0.1, 0.15) is 52.4 Å². The van der Waals surface area contributed by atoms with Crippen molar-refractivity contribution in [2.75, 3.05) is 0 Å². The van der Waals surface area contributed by atoms with Gasteiger partial charge in [-0.2, -0.15) is 0 Å².